The molecule has 98 valence electrons. The molecule has 0 fully saturated rings. The van der Waals surface area contributed by atoms with E-state index in [1.807, 2.05) is 11.6 Å². The Morgan fingerprint density at radius 2 is 2.06 bits per heavy atom. The number of hydrogen-bond acceptors (Lipinski definition) is 4. The summed E-state index contributed by atoms with van der Waals surface area (Å²) >= 11 is 5.86. The van der Waals surface area contributed by atoms with Crippen molar-refractivity contribution in [1.29, 1.82) is 0 Å². The lowest BCUT2D eigenvalue weighted by atomic mass is 10.2. The summed E-state index contributed by atoms with van der Waals surface area (Å²) in [6.07, 6.45) is 0.814. The van der Waals surface area contributed by atoms with Crippen molar-refractivity contribution in [3.8, 4) is 0 Å². The molecular weight excluding hydrogens is 242 g/mol. The molecule has 2 atom stereocenters. The molecule has 1 aromatic heterocycles. The van der Waals surface area contributed by atoms with Gasteiger partial charge in [0, 0.05) is 20.8 Å². The van der Waals surface area contributed by atoms with E-state index in [4.69, 9.17) is 21.1 Å². The predicted molar refractivity (Wildman–Crippen MR) is 66.2 cm³/mol. The van der Waals surface area contributed by atoms with Crippen LogP contribution in [0.4, 0.5) is 0 Å². The largest absolute Gasteiger partial charge is 0.385 e. The maximum absolute atomic E-state index is 5.86. The molecule has 1 aromatic rings. The average molecular weight is 262 g/mol. The van der Waals surface area contributed by atoms with Crippen molar-refractivity contribution in [2.24, 2.45) is 0 Å². The van der Waals surface area contributed by atoms with Gasteiger partial charge in [-0.05, 0) is 20.3 Å². The summed E-state index contributed by atoms with van der Waals surface area (Å²) in [4.78, 5) is 0. The van der Waals surface area contributed by atoms with Gasteiger partial charge in [-0.2, -0.15) is 0 Å². The molecule has 0 N–H and O–H groups in total. The molecule has 0 aromatic carbocycles. The monoisotopic (exact) mass is 261 g/mol. The van der Waals surface area contributed by atoms with Gasteiger partial charge in [0.25, 0.3) is 0 Å². The first-order valence-corrected chi connectivity index (χ1v) is 6.20. The summed E-state index contributed by atoms with van der Waals surface area (Å²) in [6, 6.07) is 0.215. The van der Waals surface area contributed by atoms with Gasteiger partial charge in [-0.1, -0.05) is 5.21 Å². The number of methoxy groups -OCH3 is 2. The van der Waals surface area contributed by atoms with E-state index in [1.54, 1.807) is 14.2 Å². The zero-order valence-corrected chi connectivity index (χ0v) is 11.6. The highest BCUT2D eigenvalue weighted by molar-refractivity contribution is 6.16. The van der Waals surface area contributed by atoms with Crippen LogP contribution in [0.25, 0.3) is 0 Å². The molecule has 1 rings (SSSR count). The average Bonchev–Trinajstić information content (AvgIpc) is 2.78. The number of halogens is 1. The predicted octanol–water partition coefficient (Wildman–Crippen LogP) is 2.32. The van der Waals surface area contributed by atoms with Crippen molar-refractivity contribution in [2.75, 3.05) is 20.8 Å². The topological polar surface area (TPSA) is 49.2 Å². The lowest BCUT2D eigenvalue weighted by Crippen LogP contribution is -2.15. The minimum atomic E-state index is -0.0660. The SMILES string of the molecule is COCCC(C)n1nnc(CCl)c1C(C)OC. The van der Waals surface area contributed by atoms with Crippen LogP contribution in [-0.4, -0.2) is 35.8 Å². The van der Waals surface area contributed by atoms with Gasteiger partial charge in [-0.25, -0.2) is 4.68 Å². The van der Waals surface area contributed by atoms with Gasteiger partial charge in [0.15, 0.2) is 0 Å². The highest BCUT2D eigenvalue weighted by atomic mass is 35.5. The minimum Gasteiger partial charge on any atom is -0.385 e. The van der Waals surface area contributed by atoms with E-state index >= 15 is 0 Å². The van der Waals surface area contributed by atoms with Crippen LogP contribution >= 0.6 is 11.6 Å². The molecule has 0 spiro atoms. The third-order valence-electron chi connectivity index (χ3n) is 2.83. The molecule has 0 bridgehead atoms. The van der Waals surface area contributed by atoms with Crippen molar-refractivity contribution in [3.63, 3.8) is 0 Å². The summed E-state index contributed by atoms with van der Waals surface area (Å²) < 4.78 is 12.3. The number of aromatic nitrogens is 3. The van der Waals surface area contributed by atoms with E-state index in [-0.39, 0.29) is 12.1 Å². The van der Waals surface area contributed by atoms with E-state index in [0.29, 0.717) is 12.5 Å². The van der Waals surface area contributed by atoms with Gasteiger partial charge in [0.1, 0.15) is 5.69 Å². The Balaban J connectivity index is 2.94. The lowest BCUT2D eigenvalue weighted by Gasteiger charge is -2.18. The lowest BCUT2D eigenvalue weighted by molar-refractivity contribution is 0.107. The molecule has 17 heavy (non-hydrogen) atoms. The van der Waals surface area contributed by atoms with Gasteiger partial charge in [-0.15, -0.1) is 16.7 Å². The van der Waals surface area contributed by atoms with Crippen molar-refractivity contribution in [1.82, 2.24) is 15.0 Å². The summed E-state index contributed by atoms with van der Waals surface area (Å²) in [5.41, 5.74) is 1.73. The zero-order valence-electron chi connectivity index (χ0n) is 10.8. The first-order chi connectivity index (χ1) is 8.15. The van der Waals surface area contributed by atoms with Crippen LogP contribution in [0.5, 0.6) is 0 Å². The molecule has 2 unspecified atom stereocenters. The Morgan fingerprint density at radius 1 is 1.35 bits per heavy atom. The Morgan fingerprint density at radius 3 is 2.59 bits per heavy atom. The Labute approximate surface area is 107 Å². The molecule has 1 heterocycles. The van der Waals surface area contributed by atoms with Crippen LogP contribution in [-0.2, 0) is 15.4 Å². The maximum Gasteiger partial charge on any atom is 0.103 e. The highest BCUT2D eigenvalue weighted by Crippen LogP contribution is 2.24. The van der Waals surface area contributed by atoms with Crippen LogP contribution in [0.1, 0.15) is 43.8 Å². The molecular formula is C11H20ClN3O2. The fourth-order valence-electron chi connectivity index (χ4n) is 1.70. The van der Waals surface area contributed by atoms with E-state index in [2.05, 4.69) is 17.2 Å². The third-order valence-corrected chi connectivity index (χ3v) is 3.08. The minimum absolute atomic E-state index is 0.0660. The fraction of sp³-hybridized carbons (Fsp3) is 0.818. The third kappa shape index (κ3) is 3.40. The number of ether oxygens (including phenoxy) is 2. The first-order valence-electron chi connectivity index (χ1n) is 5.67. The van der Waals surface area contributed by atoms with Gasteiger partial charge < -0.3 is 9.47 Å². The molecule has 0 aliphatic heterocycles. The summed E-state index contributed by atoms with van der Waals surface area (Å²) in [7, 11) is 3.36. The van der Waals surface area contributed by atoms with Crippen LogP contribution < -0.4 is 0 Å². The quantitative estimate of drug-likeness (QED) is 0.707. The molecule has 0 radical (unpaired) electrons. The normalized spacial score (nSPS) is 14.9. The van der Waals surface area contributed by atoms with E-state index in [1.165, 1.54) is 0 Å². The zero-order chi connectivity index (χ0) is 12.8. The van der Waals surface area contributed by atoms with Gasteiger partial charge in [-0.3, -0.25) is 0 Å². The molecule has 0 amide bonds. The Kier molecular flexibility index (Phi) is 5.88. The van der Waals surface area contributed by atoms with E-state index in [0.717, 1.165) is 17.8 Å². The fourth-order valence-corrected chi connectivity index (χ4v) is 1.89. The van der Waals surface area contributed by atoms with E-state index < -0.39 is 0 Å². The summed E-state index contributed by atoms with van der Waals surface area (Å²) in [5, 5.41) is 8.25. The van der Waals surface area contributed by atoms with Gasteiger partial charge in [0.2, 0.25) is 0 Å². The molecule has 0 saturated heterocycles. The standard InChI is InChI=1S/C11H20ClN3O2/c1-8(5-6-16-3)15-11(9(2)17-4)10(7-12)13-14-15/h8-9H,5-7H2,1-4H3. The van der Waals surface area contributed by atoms with Crippen LogP contribution in [0, 0.1) is 0 Å². The molecule has 5 nitrogen and oxygen atoms in total. The van der Waals surface area contributed by atoms with Crippen LogP contribution in [0.3, 0.4) is 0 Å². The van der Waals surface area contributed by atoms with Crippen molar-refractivity contribution >= 4 is 11.6 Å². The smallest absolute Gasteiger partial charge is 0.103 e. The number of hydrogen-bond donors (Lipinski definition) is 0. The van der Waals surface area contributed by atoms with Gasteiger partial charge in [0.05, 0.1) is 23.7 Å². The maximum atomic E-state index is 5.86. The number of rotatable bonds is 7. The van der Waals surface area contributed by atoms with Gasteiger partial charge >= 0.3 is 0 Å². The molecule has 6 heteroatoms. The Hall–Kier alpha value is -0.650. The second-order valence-electron chi connectivity index (χ2n) is 4.01. The Bertz CT molecular complexity index is 343. The number of nitrogens with zero attached hydrogens (tertiary/aromatic N) is 3. The van der Waals surface area contributed by atoms with Crippen molar-refractivity contribution in [2.45, 2.75) is 38.3 Å². The van der Waals surface area contributed by atoms with Crippen molar-refractivity contribution < 1.29 is 9.47 Å². The van der Waals surface area contributed by atoms with Crippen LogP contribution in [0.2, 0.25) is 0 Å². The first kappa shape index (κ1) is 14.4. The molecule has 0 aliphatic carbocycles. The molecule has 0 saturated carbocycles. The summed E-state index contributed by atoms with van der Waals surface area (Å²) in [6.45, 7) is 4.74. The van der Waals surface area contributed by atoms with E-state index in [9.17, 15) is 0 Å². The number of alkyl halides is 1. The second kappa shape index (κ2) is 6.93. The second-order valence-corrected chi connectivity index (χ2v) is 4.28. The highest BCUT2D eigenvalue weighted by Gasteiger charge is 2.21. The van der Waals surface area contributed by atoms with Crippen molar-refractivity contribution in [3.05, 3.63) is 11.4 Å². The van der Waals surface area contributed by atoms with Crippen LogP contribution in [0.15, 0.2) is 0 Å². The summed E-state index contributed by atoms with van der Waals surface area (Å²) in [5.74, 6) is 0.347. The molecule has 0 aliphatic rings.